The van der Waals surface area contributed by atoms with E-state index in [-0.39, 0.29) is 10.7 Å². The van der Waals surface area contributed by atoms with Gasteiger partial charge in [0.1, 0.15) is 5.82 Å². The monoisotopic (exact) mass is 241 g/mol. The first-order valence-corrected chi connectivity index (χ1v) is 7.19. The molecule has 0 saturated heterocycles. The second-order valence-corrected chi connectivity index (χ2v) is 4.84. The summed E-state index contributed by atoms with van der Waals surface area (Å²) in [6.07, 6.45) is 2.89. The number of nitrogens with zero attached hydrogens (tertiary/aromatic N) is 1. The van der Waals surface area contributed by atoms with Crippen LogP contribution in [0.3, 0.4) is 0 Å². The summed E-state index contributed by atoms with van der Waals surface area (Å²) in [6, 6.07) is 2.00. The van der Waals surface area contributed by atoms with Crippen LogP contribution in [0.1, 0.15) is 32.8 Å². The fourth-order valence-electron chi connectivity index (χ4n) is 1.11. The summed E-state index contributed by atoms with van der Waals surface area (Å²) in [6.45, 7) is 8.14. The lowest BCUT2D eigenvalue weighted by Gasteiger charge is -2.11. The van der Waals surface area contributed by atoms with Gasteiger partial charge in [-0.3, -0.25) is 0 Å². The highest BCUT2D eigenvalue weighted by Gasteiger charge is 2.00. The van der Waals surface area contributed by atoms with Gasteiger partial charge in [0.15, 0.2) is 0 Å². The summed E-state index contributed by atoms with van der Waals surface area (Å²) in [5.41, 5.74) is 7.74. The molecule has 0 radical (unpaired) electrons. The predicted molar refractivity (Wildman–Crippen MR) is 78.2 cm³/mol. The van der Waals surface area contributed by atoms with Crippen molar-refractivity contribution in [3.05, 3.63) is 17.8 Å². The number of pyridine rings is 1. The van der Waals surface area contributed by atoms with E-state index < -0.39 is 0 Å². The van der Waals surface area contributed by atoms with Crippen molar-refractivity contribution in [2.45, 2.75) is 34.1 Å². The van der Waals surface area contributed by atoms with Crippen LogP contribution in [-0.2, 0) is 0 Å². The van der Waals surface area contributed by atoms with Crippen LogP contribution >= 0.6 is 10.7 Å². The van der Waals surface area contributed by atoms with E-state index in [9.17, 15) is 0 Å². The van der Waals surface area contributed by atoms with Gasteiger partial charge in [0.25, 0.3) is 0 Å². The molecule has 0 aliphatic rings. The molecule has 0 aromatic carbocycles. The first-order chi connectivity index (χ1) is 7.63. The smallest absolute Gasteiger partial charge is 0.147 e. The number of anilines is 2. The maximum atomic E-state index is 5.74. The molecule has 0 fully saturated rings. The molecule has 1 unspecified atom stereocenters. The second-order valence-electron chi connectivity index (χ2n) is 3.24. The minimum atomic E-state index is -0.0596. The number of rotatable bonds is 4. The zero-order valence-electron chi connectivity index (χ0n) is 10.7. The van der Waals surface area contributed by atoms with E-state index >= 15 is 0 Å². The van der Waals surface area contributed by atoms with Gasteiger partial charge in [-0.25, -0.2) is 4.98 Å². The van der Waals surface area contributed by atoms with E-state index in [1.807, 2.05) is 26.8 Å². The van der Waals surface area contributed by atoms with Crippen molar-refractivity contribution >= 4 is 28.0 Å². The molecule has 1 aromatic heterocycles. The Morgan fingerprint density at radius 2 is 2.12 bits per heavy atom. The van der Waals surface area contributed by atoms with Crippen LogP contribution in [0.5, 0.6) is 0 Å². The van der Waals surface area contributed by atoms with Crippen LogP contribution in [0.25, 0.3) is 0 Å². The number of hydrogen-bond donors (Lipinski definition) is 2. The van der Waals surface area contributed by atoms with Crippen molar-refractivity contribution < 1.29 is 0 Å². The fourth-order valence-corrected chi connectivity index (χ4v) is 2.18. The van der Waals surface area contributed by atoms with Gasteiger partial charge in [-0.15, -0.1) is 10.7 Å². The van der Waals surface area contributed by atoms with Crippen LogP contribution in [0, 0.1) is 6.92 Å². The van der Waals surface area contributed by atoms with E-state index in [1.165, 1.54) is 0 Å². The number of nitrogens with one attached hydrogen (secondary N) is 1. The minimum Gasteiger partial charge on any atom is -0.382 e. The largest absolute Gasteiger partial charge is 0.382 e. The molecule has 0 aliphatic carbocycles. The summed E-state index contributed by atoms with van der Waals surface area (Å²) < 4.78 is 3.28. The summed E-state index contributed by atoms with van der Waals surface area (Å²) >= 11 is 0. The van der Waals surface area contributed by atoms with E-state index in [1.54, 1.807) is 6.20 Å². The predicted octanol–water partition coefficient (Wildman–Crippen LogP) is 3.44. The molecular formula is C12H23N3S. The van der Waals surface area contributed by atoms with Crippen LogP contribution in [0.15, 0.2) is 12.3 Å². The Morgan fingerprint density at radius 3 is 2.69 bits per heavy atom. The highest BCUT2D eigenvalue weighted by atomic mass is 32.2. The quantitative estimate of drug-likeness (QED) is 0.794. The molecule has 4 heteroatoms. The first-order valence-electron chi connectivity index (χ1n) is 5.63. The topological polar surface area (TPSA) is 50.9 Å². The maximum Gasteiger partial charge on any atom is 0.147 e. The number of nitrogens with two attached hydrogens (primary N) is 1. The molecule has 0 aliphatic heterocycles. The lowest BCUT2D eigenvalue weighted by molar-refractivity contribution is 1.11. The Balaban J connectivity index is 0.00000106. The molecule has 3 nitrogen and oxygen atoms in total. The molecule has 0 saturated carbocycles. The average Bonchev–Trinajstić information content (AvgIpc) is 2.27. The summed E-state index contributed by atoms with van der Waals surface area (Å²) in [5.74, 6) is 5.64. The molecule has 0 amide bonds. The maximum absolute atomic E-state index is 5.74. The standard InChI is InChI=1S/C10H17N3S.C2H6/c1-4-5-14(3)13-9-6-8(2)7-12-10(9)11;1-2/h6-7,13H,3-5H2,1-2H3,(H2,11,12);1-2H3. The lowest BCUT2D eigenvalue weighted by atomic mass is 10.3. The lowest BCUT2D eigenvalue weighted by Crippen LogP contribution is -2.00. The molecule has 0 spiro atoms. The summed E-state index contributed by atoms with van der Waals surface area (Å²) in [4.78, 5) is 4.08. The zero-order chi connectivity index (χ0) is 12.6. The van der Waals surface area contributed by atoms with Crippen molar-refractivity contribution in [2.75, 3.05) is 16.2 Å². The van der Waals surface area contributed by atoms with E-state index in [0.29, 0.717) is 5.82 Å². The van der Waals surface area contributed by atoms with Gasteiger partial charge in [0, 0.05) is 11.9 Å². The van der Waals surface area contributed by atoms with Crippen LogP contribution < -0.4 is 10.5 Å². The first kappa shape index (κ1) is 15.0. The van der Waals surface area contributed by atoms with E-state index in [0.717, 1.165) is 23.4 Å². The molecule has 1 aromatic rings. The van der Waals surface area contributed by atoms with Crippen molar-refractivity contribution in [1.82, 2.24) is 4.98 Å². The third kappa shape index (κ3) is 5.16. The van der Waals surface area contributed by atoms with E-state index in [2.05, 4.69) is 22.5 Å². The van der Waals surface area contributed by atoms with Crippen molar-refractivity contribution in [1.29, 1.82) is 0 Å². The highest BCUT2D eigenvalue weighted by molar-refractivity contribution is 8.15. The molecule has 92 valence electrons. The number of aromatic nitrogens is 1. The van der Waals surface area contributed by atoms with Gasteiger partial charge < -0.3 is 10.5 Å². The molecule has 3 N–H and O–H groups in total. The molecular weight excluding hydrogens is 218 g/mol. The number of hydrogen-bond acceptors (Lipinski definition) is 3. The van der Waals surface area contributed by atoms with Gasteiger partial charge in [-0.05, 0) is 25.0 Å². The Morgan fingerprint density at radius 1 is 1.50 bits per heavy atom. The van der Waals surface area contributed by atoms with Crippen molar-refractivity contribution in [2.24, 2.45) is 0 Å². The third-order valence-corrected chi connectivity index (χ3v) is 3.17. The van der Waals surface area contributed by atoms with Crippen LogP contribution in [-0.4, -0.2) is 16.6 Å². The molecule has 1 rings (SSSR count). The van der Waals surface area contributed by atoms with Gasteiger partial charge in [-0.2, -0.15) is 0 Å². The highest BCUT2D eigenvalue weighted by Crippen LogP contribution is 2.22. The fraction of sp³-hybridized carbons (Fsp3) is 0.500. The van der Waals surface area contributed by atoms with Crippen LogP contribution in [0.2, 0.25) is 0 Å². The van der Waals surface area contributed by atoms with Gasteiger partial charge in [0.2, 0.25) is 0 Å². The normalized spacial score (nSPS) is 11.2. The summed E-state index contributed by atoms with van der Waals surface area (Å²) in [5, 5.41) is 0. The Labute approximate surface area is 102 Å². The van der Waals surface area contributed by atoms with Crippen molar-refractivity contribution in [3.8, 4) is 0 Å². The second kappa shape index (κ2) is 8.16. The SMILES string of the molecule is C=S(CCC)Nc1cc(C)cnc1N.CC. The molecule has 16 heavy (non-hydrogen) atoms. The number of aryl methyl sites for hydroxylation is 1. The molecule has 1 heterocycles. The van der Waals surface area contributed by atoms with Crippen molar-refractivity contribution in [3.63, 3.8) is 0 Å². The van der Waals surface area contributed by atoms with Crippen LogP contribution in [0.4, 0.5) is 11.5 Å². The third-order valence-electron chi connectivity index (χ3n) is 1.76. The minimum absolute atomic E-state index is 0.0596. The number of nitrogen functional groups attached to an aromatic ring is 1. The van der Waals surface area contributed by atoms with Gasteiger partial charge >= 0.3 is 0 Å². The zero-order valence-corrected chi connectivity index (χ0v) is 11.5. The van der Waals surface area contributed by atoms with E-state index in [4.69, 9.17) is 5.73 Å². The van der Waals surface area contributed by atoms with Gasteiger partial charge in [-0.1, -0.05) is 26.6 Å². The Hall–Kier alpha value is -1.03. The Bertz CT molecular complexity index is 337. The average molecular weight is 241 g/mol. The molecule has 1 atom stereocenters. The Kier molecular flexibility index (Phi) is 7.64. The van der Waals surface area contributed by atoms with Gasteiger partial charge in [0.05, 0.1) is 5.69 Å². The molecule has 0 bridgehead atoms. The summed E-state index contributed by atoms with van der Waals surface area (Å²) in [7, 11) is -0.0596.